The number of nitrogens with zero attached hydrogens (tertiary/aromatic N) is 3. The molecule has 1 atom stereocenters. The maximum absolute atomic E-state index is 12.6. The minimum atomic E-state index is -0.823. The van der Waals surface area contributed by atoms with Crippen molar-refractivity contribution in [2.24, 2.45) is 5.92 Å². The predicted molar refractivity (Wildman–Crippen MR) is 99.1 cm³/mol. The molecule has 0 bridgehead atoms. The Bertz CT molecular complexity index is 1040. The molecular weight excluding hydrogens is 324 g/mol. The third kappa shape index (κ3) is 3.53. The van der Waals surface area contributed by atoms with Gasteiger partial charge in [-0.15, -0.1) is 0 Å². The highest BCUT2D eigenvalue weighted by Gasteiger charge is 2.19. The summed E-state index contributed by atoms with van der Waals surface area (Å²) < 4.78 is 0. The zero-order chi connectivity index (χ0) is 18.5. The third-order valence-electron chi connectivity index (χ3n) is 4.22. The Morgan fingerprint density at radius 1 is 1.15 bits per heavy atom. The second-order valence-electron chi connectivity index (χ2n) is 6.01. The van der Waals surface area contributed by atoms with Crippen molar-refractivity contribution in [2.75, 3.05) is 5.32 Å². The molecule has 126 valence electrons. The third-order valence-corrected chi connectivity index (χ3v) is 4.22. The van der Waals surface area contributed by atoms with Crippen LogP contribution in [0, 0.1) is 35.5 Å². The van der Waals surface area contributed by atoms with Crippen LogP contribution >= 0.6 is 0 Å². The van der Waals surface area contributed by atoms with Gasteiger partial charge in [0.25, 0.3) is 0 Å². The van der Waals surface area contributed by atoms with E-state index in [1.807, 2.05) is 37.3 Å². The first kappa shape index (κ1) is 17.1. The van der Waals surface area contributed by atoms with Gasteiger partial charge in [0, 0.05) is 11.6 Å². The normalized spacial score (nSPS) is 11.3. The molecule has 0 saturated carbocycles. The minimum absolute atomic E-state index is 0.288. The van der Waals surface area contributed by atoms with Crippen molar-refractivity contribution in [1.82, 2.24) is 4.98 Å². The molecule has 0 saturated heterocycles. The number of pyridine rings is 1. The number of rotatable bonds is 4. The van der Waals surface area contributed by atoms with E-state index in [2.05, 4.69) is 16.4 Å². The first-order valence-electron chi connectivity index (χ1n) is 8.16. The van der Waals surface area contributed by atoms with E-state index in [4.69, 9.17) is 5.26 Å². The number of nitrogens with one attached hydrogen (secondary N) is 1. The van der Waals surface area contributed by atoms with Crippen LogP contribution in [0.2, 0.25) is 0 Å². The monoisotopic (exact) mass is 340 g/mol. The standard InChI is InChI=1S/C21H16N4O/c1-14-4-9-19(18-3-2-10-24-20(14)18)25-21(26)17(13-23)11-15-5-7-16(12-22)8-6-15/h2-10,17H,11H2,1H3,(H,25,26). The molecule has 2 aromatic carbocycles. The van der Waals surface area contributed by atoms with E-state index in [1.54, 1.807) is 30.5 Å². The van der Waals surface area contributed by atoms with Gasteiger partial charge >= 0.3 is 0 Å². The molecule has 3 rings (SSSR count). The lowest BCUT2D eigenvalue weighted by molar-refractivity contribution is -0.118. The largest absolute Gasteiger partial charge is 0.324 e. The molecule has 5 nitrogen and oxygen atoms in total. The summed E-state index contributed by atoms with van der Waals surface area (Å²) in [7, 11) is 0. The average Bonchev–Trinajstić information content (AvgIpc) is 2.69. The second-order valence-corrected chi connectivity index (χ2v) is 6.01. The zero-order valence-corrected chi connectivity index (χ0v) is 14.2. The molecular formula is C21H16N4O. The molecule has 3 aromatic rings. The Hall–Kier alpha value is -3.70. The second kappa shape index (κ2) is 7.46. The Morgan fingerprint density at radius 2 is 1.92 bits per heavy atom. The highest BCUT2D eigenvalue weighted by molar-refractivity contribution is 6.03. The van der Waals surface area contributed by atoms with Crippen LogP contribution in [0.25, 0.3) is 10.9 Å². The summed E-state index contributed by atoms with van der Waals surface area (Å²) >= 11 is 0. The van der Waals surface area contributed by atoms with Crippen molar-refractivity contribution >= 4 is 22.5 Å². The molecule has 1 N–H and O–H groups in total. The van der Waals surface area contributed by atoms with Crippen LogP contribution in [0.4, 0.5) is 5.69 Å². The molecule has 0 aliphatic heterocycles. The summed E-state index contributed by atoms with van der Waals surface area (Å²) in [6.45, 7) is 1.96. The molecule has 0 fully saturated rings. The molecule has 1 aromatic heterocycles. The molecule has 0 radical (unpaired) electrons. The van der Waals surface area contributed by atoms with E-state index in [-0.39, 0.29) is 12.3 Å². The lowest BCUT2D eigenvalue weighted by Crippen LogP contribution is -2.23. The van der Waals surface area contributed by atoms with Crippen molar-refractivity contribution in [1.29, 1.82) is 10.5 Å². The quantitative estimate of drug-likeness (QED) is 0.783. The summed E-state index contributed by atoms with van der Waals surface area (Å²) in [5, 5.41) is 22.0. The van der Waals surface area contributed by atoms with E-state index in [0.29, 0.717) is 11.3 Å². The van der Waals surface area contributed by atoms with Crippen LogP contribution in [0.1, 0.15) is 16.7 Å². The first-order chi connectivity index (χ1) is 12.6. The SMILES string of the molecule is Cc1ccc(NC(=O)C(C#N)Cc2ccc(C#N)cc2)c2cccnc12. The molecule has 1 heterocycles. The van der Waals surface area contributed by atoms with Crippen LogP contribution < -0.4 is 5.32 Å². The van der Waals surface area contributed by atoms with E-state index in [9.17, 15) is 10.1 Å². The number of carbonyl (C=O) groups is 1. The van der Waals surface area contributed by atoms with Crippen LogP contribution in [0.5, 0.6) is 0 Å². The highest BCUT2D eigenvalue weighted by Crippen LogP contribution is 2.25. The molecule has 1 unspecified atom stereocenters. The number of aromatic nitrogens is 1. The Kier molecular flexibility index (Phi) is 4.92. The van der Waals surface area contributed by atoms with Gasteiger partial charge in [-0.3, -0.25) is 9.78 Å². The maximum Gasteiger partial charge on any atom is 0.242 e. The van der Waals surface area contributed by atoms with Crippen molar-refractivity contribution in [2.45, 2.75) is 13.3 Å². The number of amides is 1. The van der Waals surface area contributed by atoms with Crippen molar-refractivity contribution in [3.8, 4) is 12.1 Å². The van der Waals surface area contributed by atoms with Crippen molar-refractivity contribution in [3.05, 3.63) is 71.4 Å². The highest BCUT2D eigenvalue weighted by atomic mass is 16.1. The van der Waals surface area contributed by atoms with Gasteiger partial charge in [0.1, 0.15) is 5.92 Å². The molecule has 0 spiro atoms. The minimum Gasteiger partial charge on any atom is -0.324 e. The smallest absolute Gasteiger partial charge is 0.242 e. The van der Waals surface area contributed by atoms with Gasteiger partial charge in [0.05, 0.1) is 28.9 Å². The van der Waals surface area contributed by atoms with Crippen LogP contribution in [0.15, 0.2) is 54.7 Å². The molecule has 26 heavy (non-hydrogen) atoms. The number of aryl methyl sites for hydroxylation is 1. The number of hydrogen-bond donors (Lipinski definition) is 1. The fraction of sp³-hybridized carbons (Fsp3) is 0.143. The Labute approximate surface area is 151 Å². The number of anilines is 1. The van der Waals surface area contributed by atoms with Gasteiger partial charge in [-0.25, -0.2) is 0 Å². The number of benzene rings is 2. The maximum atomic E-state index is 12.6. The fourth-order valence-electron chi connectivity index (χ4n) is 2.79. The zero-order valence-electron chi connectivity index (χ0n) is 14.2. The van der Waals surface area contributed by atoms with Gasteiger partial charge in [-0.2, -0.15) is 10.5 Å². The molecule has 0 aliphatic rings. The van der Waals surface area contributed by atoms with E-state index < -0.39 is 5.92 Å². The van der Waals surface area contributed by atoms with E-state index >= 15 is 0 Å². The van der Waals surface area contributed by atoms with Crippen LogP contribution in [-0.2, 0) is 11.2 Å². The van der Waals surface area contributed by atoms with Crippen molar-refractivity contribution in [3.63, 3.8) is 0 Å². The average molecular weight is 340 g/mol. The summed E-state index contributed by atoms with van der Waals surface area (Å²) in [5.41, 5.74) is 3.87. The summed E-state index contributed by atoms with van der Waals surface area (Å²) in [6, 6.07) is 18.4. The molecule has 1 amide bonds. The van der Waals surface area contributed by atoms with Crippen LogP contribution in [0.3, 0.4) is 0 Å². The predicted octanol–water partition coefficient (Wildman–Crippen LogP) is 3.74. The number of hydrogen-bond acceptors (Lipinski definition) is 4. The first-order valence-corrected chi connectivity index (χ1v) is 8.16. The fourth-order valence-corrected chi connectivity index (χ4v) is 2.79. The summed E-state index contributed by atoms with van der Waals surface area (Å²) in [4.78, 5) is 16.9. The number of carbonyl (C=O) groups excluding carboxylic acids is 1. The van der Waals surface area contributed by atoms with Gasteiger partial charge in [-0.1, -0.05) is 18.2 Å². The van der Waals surface area contributed by atoms with Crippen molar-refractivity contribution < 1.29 is 4.79 Å². The topological polar surface area (TPSA) is 89.6 Å². The number of nitriles is 2. The summed E-state index contributed by atoms with van der Waals surface area (Å²) in [5.74, 6) is -1.18. The van der Waals surface area contributed by atoms with E-state index in [0.717, 1.165) is 22.0 Å². The van der Waals surface area contributed by atoms with Gasteiger partial charge in [0.15, 0.2) is 0 Å². The van der Waals surface area contributed by atoms with E-state index in [1.165, 1.54) is 0 Å². The Morgan fingerprint density at radius 3 is 2.62 bits per heavy atom. The van der Waals surface area contributed by atoms with Gasteiger partial charge in [0.2, 0.25) is 5.91 Å². The molecule has 0 aliphatic carbocycles. The summed E-state index contributed by atoms with van der Waals surface area (Å²) in [6.07, 6.45) is 2.00. The lowest BCUT2D eigenvalue weighted by Gasteiger charge is -2.13. The Balaban J connectivity index is 1.81. The molecule has 5 heteroatoms. The van der Waals surface area contributed by atoms with Gasteiger partial charge in [-0.05, 0) is 54.8 Å². The van der Waals surface area contributed by atoms with Crippen LogP contribution in [-0.4, -0.2) is 10.9 Å². The lowest BCUT2D eigenvalue weighted by atomic mass is 9.98. The van der Waals surface area contributed by atoms with Gasteiger partial charge < -0.3 is 5.32 Å². The number of fused-ring (bicyclic) bond motifs is 1.